The molecule has 5 aromatic heterocycles. The van der Waals surface area contributed by atoms with E-state index in [0.29, 0.717) is 0 Å². The van der Waals surface area contributed by atoms with Gasteiger partial charge in [0.2, 0.25) is 0 Å². The lowest BCUT2D eigenvalue weighted by atomic mass is 10.1. The van der Waals surface area contributed by atoms with Crippen molar-refractivity contribution in [3.8, 4) is 22.5 Å². The molecule has 0 unspecified atom stereocenters. The smallest absolute Gasteiger partial charge is 0.267 e. The van der Waals surface area contributed by atoms with Crippen LogP contribution in [-0.4, -0.2) is 38.0 Å². The third-order valence-electron chi connectivity index (χ3n) is 8.10. The molecule has 7 rings (SSSR count). The Balaban J connectivity index is 0.911. The summed E-state index contributed by atoms with van der Waals surface area (Å²) in [5, 5.41) is 8.14. The Morgan fingerprint density at radius 1 is 0.646 bits per heavy atom. The van der Waals surface area contributed by atoms with Crippen molar-refractivity contribution in [2.75, 3.05) is 0 Å². The number of hydrogen-bond acceptors (Lipinski definition) is 5. The Morgan fingerprint density at radius 2 is 1.15 bits per heavy atom. The molecule has 0 fully saturated rings. The van der Waals surface area contributed by atoms with Crippen LogP contribution in [-0.2, 0) is 14.1 Å². The fraction of sp³-hybridized carbons (Fsp3) is 0.0541. The average Bonchev–Trinajstić information content (AvgIpc) is 3.65. The van der Waals surface area contributed by atoms with Gasteiger partial charge in [-0.1, -0.05) is 36.4 Å². The first-order valence-electron chi connectivity index (χ1n) is 15.2. The summed E-state index contributed by atoms with van der Waals surface area (Å²) in [7, 11) is 4.06. The van der Waals surface area contributed by atoms with E-state index >= 15 is 0 Å². The van der Waals surface area contributed by atoms with Gasteiger partial charge in [0.25, 0.3) is 23.1 Å². The van der Waals surface area contributed by atoms with E-state index in [1.807, 2.05) is 99.3 Å². The van der Waals surface area contributed by atoms with Crippen molar-refractivity contribution in [1.29, 1.82) is 0 Å². The zero-order chi connectivity index (χ0) is 33.0. The van der Waals surface area contributed by atoms with Crippen LogP contribution in [0.1, 0.15) is 32.0 Å². The highest BCUT2D eigenvalue weighted by molar-refractivity contribution is 5.97. The number of nitrogens with zero attached hydrogens (tertiary/aromatic N) is 7. The summed E-state index contributed by atoms with van der Waals surface area (Å²) in [6.45, 7) is 0. The molecule has 0 radical (unpaired) electrons. The lowest BCUT2D eigenvalue weighted by Crippen LogP contribution is -2.29. The Hall–Kier alpha value is -6.75. The van der Waals surface area contributed by atoms with Crippen LogP contribution in [0.2, 0.25) is 0 Å². The van der Waals surface area contributed by atoms with Crippen molar-refractivity contribution in [3.05, 3.63) is 150 Å². The minimum atomic E-state index is -0.495. The number of fused-ring (bicyclic) bond motifs is 2. The number of pyridine rings is 3. The summed E-state index contributed by atoms with van der Waals surface area (Å²) in [5.74, 6) is -0.941. The number of nitrogens with one attached hydrogen (secondary N) is 2. The Kier molecular flexibility index (Phi) is 8.06. The van der Waals surface area contributed by atoms with Crippen molar-refractivity contribution < 1.29 is 18.7 Å². The van der Waals surface area contributed by atoms with Gasteiger partial charge in [0.05, 0.1) is 44.5 Å². The Morgan fingerprint density at radius 3 is 1.60 bits per heavy atom. The number of aromatic nitrogens is 5. The second-order valence-electron chi connectivity index (χ2n) is 11.2. The van der Waals surface area contributed by atoms with Crippen LogP contribution in [0.4, 0.5) is 0 Å². The predicted octanol–water partition coefficient (Wildman–Crippen LogP) is 4.10. The lowest BCUT2D eigenvalue weighted by molar-refractivity contribution is -0.633. The molecule has 0 aliphatic carbocycles. The van der Waals surface area contributed by atoms with Gasteiger partial charge in [-0.3, -0.25) is 14.6 Å². The molecule has 5 heterocycles. The molecule has 7 aromatic rings. The van der Waals surface area contributed by atoms with E-state index < -0.39 is 11.8 Å². The van der Waals surface area contributed by atoms with Crippen molar-refractivity contribution in [3.63, 3.8) is 0 Å². The van der Waals surface area contributed by atoms with E-state index in [0.717, 1.165) is 44.9 Å². The molecule has 0 aliphatic rings. The van der Waals surface area contributed by atoms with E-state index in [4.69, 9.17) is 0 Å². The van der Waals surface area contributed by atoms with E-state index in [1.54, 1.807) is 12.4 Å². The number of imidazole rings is 2. The molecule has 2 aromatic carbocycles. The van der Waals surface area contributed by atoms with Crippen LogP contribution in [0.3, 0.4) is 0 Å². The van der Waals surface area contributed by atoms with Crippen LogP contribution in [0.15, 0.2) is 138 Å². The number of carbonyl (C=O) groups excluding carboxylic acids is 2. The summed E-state index contributed by atoms with van der Waals surface area (Å²) in [6.07, 6.45) is 12.7. The molecule has 0 atom stereocenters. The van der Waals surface area contributed by atoms with Crippen LogP contribution in [0.5, 0.6) is 0 Å². The molecule has 11 nitrogen and oxygen atoms in total. The summed E-state index contributed by atoms with van der Waals surface area (Å²) in [5.41, 5.74) is 13.5. The highest BCUT2D eigenvalue weighted by Crippen LogP contribution is 2.19. The Labute approximate surface area is 275 Å². The van der Waals surface area contributed by atoms with Gasteiger partial charge in [-0.15, -0.1) is 0 Å². The van der Waals surface area contributed by atoms with Gasteiger partial charge in [-0.2, -0.15) is 10.2 Å². The molecular formula is C37H31N9O2+2. The molecule has 0 bridgehead atoms. The quantitative estimate of drug-likeness (QED) is 0.149. The minimum Gasteiger partial charge on any atom is -0.267 e. The van der Waals surface area contributed by atoms with Gasteiger partial charge in [0.15, 0.2) is 11.4 Å². The summed E-state index contributed by atoms with van der Waals surface area (Å²) in [4.78, 5) is 29.3. The number of benzene rings is 2. The van der Waals surface area contributed by atoms with Gasteiger partial charge in [-0.05, 0) is 59.7 Å². The van der Waals surface area contributed by atoms with Gasteiger partial charge in [0.1, 0.15) is 18.1 Å². The van der Waals surface area contributed by atoms with E-state index in [-0.39, 0.29) is 11.3 Å². The van der Waals surface area contributed by atoms with Crippen LogP contribution >= 0.6 is 0 Å². The molecule has 0 saturated carbocycles. The fourth-order valence-electron chi connectivity index (χ4n) is 5.50. The number of hydrazone groups is 2. The molecule has 2 amide bonds. The molecule has 0 spiro atoms. The molecule has 11 heteroatoms. The van der Waals surface area contributed by atoms with E-state index in [9.17, 15) is 9.59 Å². The van der Waals surface area contributed by atoms with Crippen molar-refractivity contribution in [2.24, 2.45) is 24.3 Å². The third kappa shape index (κ3) is 6.07. The van der Waals surface area contributed by atoms with Gasteiger partial charge in [-0.25, -0.2) is 28.8 Å². The monoisotopic (exact) mass is 633 g/mol. The maximum Gasteiger partial charge on any atom is 0.289 e. The second-order valence-corrected chi connectivity index (χ2v) is 11.2. The standard InChI is InChI=1S/C37H29N9O2/c1-43-32(24-45-19-5-3-7-34(43)45)28-13-9-26(10-14-28)21-39-41-36(47)30-17-18-31(38-23-30)37(48)42-40-22-27-11-15-29(16-12-27)33-25-46-20-6-4-8-35(46)44(33)2/h3-25H,1-2H3/p+2/b39-21+,40-22+. The number of rotatable bonds is 8. The largest absolute Gasteiger partial charge is 0.289 e. The first kappa shape index (κ1) is 29.9. The van der Waals surface area contributed by atoms with Crippen LogP contribution < -0.4 is 20.0 Å². The van der Waals surface area contributed by atoms with Crippen molar-refractivity contribution in [1.82, 2.24) is 24.6 Å². The third-order valence-corrected chi connectivity index (χ3v) is 8.10. The van der Waals surface area contributed by atoms with E-state index in [2.05, 4.69) is 68.5 Å². The number of amides is 2. The van der Waals surface area contributed by atoms with Crippen LogP contribution in [0.25, 0.3) is 33.8 Å². The number of carbonyl (C=O) groups is 2. The summed E-state index contributed by atoms with van der Waals surface area (Å²) >= 11 is 0. The lowest BCUT2D eigenvalue weighted by Gasteiger charge is -2.02. The van der Waals surface area contributed by atoms with Gasteiger partial charge in [0, 0.05) is 29.5 Å². The molecule has 48 heavy (non-hydrogen) atoms. The number of aryl methyl sites for hydroxylation is 2. The molecule has 0 aliphatic heterocycles. The first-order valence-corrected chi connectivity index (χ1v) is 15.2. The van der Waals surface area contributed by atoms with E-state index in [1.165, 1.54) is 18.3 Å². The molecule has 0 saturated heterocycles. The second kappa shape index (κ2) is 12.9. The number of hydrogen-bond donors (Lipinski definition) is 2. The molecule has 234 valence electrons. The summed E-state index contributed by atoms with van der Waals surface area (Å²) < 4.78 is 8.42. The fourth-order valence-corrected chi connectivity index (χ4v) is 5.50. The van der Waals surface area contributed by atoms with Gasteiger partial charge < -0.3 is 0 Å². The predicted molar refractivity (Wildman–Crippen MR) is 182 cm³/mol. The minimum absolute atomic E-state index is 0.125. The highest BCUT2D eigenvalue weighted by atomic mass is 16.2. The maximum atomic E-state index is 12.6. The SMILES string of the molecule is C[n+]1c(-c2ccc(/C=N/NC(=O)c3ccc(C(=O)N/N=C/c4ccc(-c5cn6ccccc6[n+]5C)cc4)nc3)cc2)cn2ccccc21. The zero-order valence-corrected chi connectivity index (χ0v) is 26.2. The zero-order valence-electron chi connectivity index (χ0n) is 26.2. The van der Waals surface area contributed by atoms with Gasteiger partial charge >= 0.3 is 0 Å². The van der Waals surface area contributed by atoms with Crippen LogP contribution in [0, 0.1) is 0 Å². The normalized spacial score (nSPS) is 11.5. The molecular weight excluding hydrogens is 602 g/mol. The summed E-state index contributed by atoms with van der Waals surface area (Å²) in [6, 6.07) is 30.9. The highest BCUT2D eigenvalue weighted by Gasteiger charge is 2.16. The molecule has 2 N–H and O–H groups in total. The first-order chi connectivity index (χ1) is 23.4. The van der Waals surface area contributed by atoms with Crippen molar-refractivity contribution >= 4 is 35.5 Å². The maximum absolute atomic E-state index is 12.6. The topological polar surface area (TPSA) is 112 Å². The van der Waals surface area contributed by atoms with Crippen molar-refractivity contribution in [2.45, 2.75) is 0 Å². The average molecular weight is 634 g/mol. The Bertz CT molecular complexity index is 2170.